The van der Waals surface area contributed by atoms with Gasteiger partial charge in [0.25, 0.3) is 11.8 Å². The Balaban J connectivity index is 1.71. The number of barbiturate groups is 1. The van der Waals surface area contributed by atoms with E-state index < -0.39 is 17.8 Å². The molecule has 5 amide bonds. The Hall–Kier alpha value is -4.66. The molecule has 36 heavy (non-hydrogen) atoms. The first-order valence-corrected chi connectivity index (χ1v) is 11.4. The van der Waals surface area contributed by atoms with Crippen molar-refractivity contribution in [3.8, 4) is 11.4 Å². The maximum atomic E-state index is 13.4. The molecule has 0 saturated carbocycles. The van der Waals surface area contributed by atoms with Gasteiger partial charge in [0.15, 0.2) is 0 Å². The molecule has 0 unspecified atom stereocenters. The lowest BCUT2D eigenvalue weighted by atomic mass is 10.1. The molecule has 0 bridgehead atoms. The van der Waals surface area contributed by atoms with Gasteiger partial charge in [0, 0.05) is 29.7 Å². The average Bonchev–Trinajstić information content (AvgIpc) is 3.10. The molecule has 1 aliphatic rings. The Morgan fingerprint density at radius 1 is 1.06 bits per heavy atom. The Labute approximate surface area is 208 Å². The van der Waals surface area contributed by atoms with E-state index in [0.717, 1.165) is 22.0 Å². The summed E-state index contributed by atoms with van der Waals surface area (Å²) in [6, 6.07) is 15.0. The summed E-state index contributed by atoms with van der Waals surface area (Å²) >= 11 is 0. The molecule has 0 spiro atoms. The SMILES string of the molecule is CCOc1ccccc1N1C(=O)NC(=O)/C(=C\c2cc(C)n(-c3ccc(NC(C)=O)cc3)c2C)C1=O. The predicted molar refractivity (Wildman–Crippen MR) is 136 cm³/mol. The number of urea groups is 1. The Bertz CT molecular complexity index is 1400. The van der Waals surface area contributed by atoms with Crippen LogP contribution in [0.3, 0.4) is 0 Å². The number of hydrogen-bond acceptors (Lipinski definition) is 5. The summed E-state index contributed by atoms with van der Waals surface area (Å²) in [4.78, 5) is 50.9. The highest BCUT2D eigenvalue weighted by Crippen LogP contribution is 2.32. The normalized spacial score (nSPS) is 14.7. The Morgan fingerprint density at radius 2 is 1.75 bits per heavy atom. The van der Waals surface area contributed by atoms with Gasteiger partial charge in [-0.1, -0.05) is 12.1 Å². The van der Waals surface area contributed by atoms with Gasteiger partial charge in [-0.05, 0) is 74.9 Å². The number of ether oxygens (including phenoxy) is 1. The van der Waals surface area contributed by atoms with Crippen molar-refractivity contribution in [1.82, 2.24) is 9.88 Å². The van der Waals surface area contributed by atoms with Crippen LogP contribution in [0.1, 0.15) is 30.8 Å². The summed E-state index contributed by atoms with van der Waals surface area (Å²) in [5.74, 6) is -1.30. The second-order valence-electron chi connectivity index (χ2n) is 8.25. The van der Waals surface area contributed by atoms with Crippen LogP contribution in [0.2, 0.25) is 0 Å². The number of para-hydroxylation sites is 2. The van der Waals surface area contributed by atoms with E-state index in [1.165, 1.54) is 13.0 Å². The fourth-order valence-electron chi connectivity index (χ4n) is 4.18. The van der Waals surface area contributed by atoms with Crippen LogP contribution in [0.4, 0.5) is 16.2 Å². The van der Waals surface area contributed by atoms with Gasteiger partial charge >= 0.3 is 6.03 Å². The molecule has 1 aliphatic heterocycles. The van der Waals surface area contributed by atoms with Crippen molar-refractivity contribution in [3.05, 3.63) is 77.1 Å². The van der Waals surface area contributed by atoms with E-state index in [-0.39, 0.29) is 17.2 Å². The lowest BCUT2D eigenvalue weighted by molar-refractivity contribution is -0.122. The smallest absolute Gasteiger partial charge is 0.336 e. The molecule has 1 fully saturated rings. The zero-order chi connectivity index (χ0) is 26.0. The van der Waals surface area contributed by atoms with Crippen LogP contribution < -0.4 is 20.3 Å². The van der Waals surface area contributed by atoms with Crippen molar-refractivity contribution in [2.45, 2.75) is 27.7 Å². The molecule has 3 aromatic rings. The summed E-state index contributed by atoms with van der Waals surface area (Å²) in [5.41, 5.74) is 3.95. The van der Waals surface area contributed by atoms with Crippen LogP contribution in [-0.4, -0.2) is 34.9 Å². The third-order valence-corrected chi connectivity index (χ3v) is 5.72. The van der Waals surface area contributed by atoms with E-state index in [9.17, 15) is 19.2 Å². The predicted octanol–water partition coefficient (Wildman–Crippen LogP) is 4.12. The summed E-state index contributed by atoms with van der Waals surface area (Å²) in [7, 11) is 0. The standard InChI is InChI=1S/C27H26N4O5/c1-5-36-24-9-7-6-8-23(24)31-26(34)22(25(33)29-27(31)35)15-19-14-16(2)30(17(19)3)21-12-10-20(11-13-21)28-18(4)32/h6-15H,5H2,1-4H3,(H,28,32)(H,29,33,35)/b22-15+. The maximum absolute atomic E-state index is 13.4. The third-order valence-electron chi connectivity index (χ3n) is 5.72. The lowest BCUT2D eigenvalue weighted by Crippen LogP contribution is -2.54. The molecular formula is C27H26N4O5. The first-order chi connectivity index (χ1) is 17.2. The van der Waals surface area contributed by atoms with E-state index >= 15 is 0 Å². The highest BCUT2D eigenvalue weighted by atomic mass is 16.5. The van der Waals surface area contributed by atoms with E-state index in [4.69, 9.17) is 4.74 Å². The molecule has 2 N–H and O–H groups in total. The van der Waals surface area contributed by atoms with Gasteiger partial charge in [-0.3, -0.25) is 19.7 Å². The minimum atomic E-state index is -0.834. The molecule has 9 nitrogen and oxygen atoms in total. The second-order valence-corrected chi connectivity index (χ2v) is 8.25. The minimum Gasteiger partial charge on any atom is -0.492 e. The van der Waals surface area contributed by atoms with E-state index in [1.807, 2.05) is 36.6 Å². The van der Waals surface area contributed by atoms with Crippen LogP contribution >= 0.6 is 0 Å². The number of aromatic nitrogens is 1. The molecule has 2 heterocycles. The van der Waals surface area contributed by atoms with Gasteiger partial charge in [0.2, 0.25) is 5.91 Å². The molecular weight excluding hydrogens is 460 g/mol. The number of nitrogens with zero attached hydrogens (tertiary/aromatic N) is 2. The molecule has 9 heteroatoms. The first kappa shape index (κ1) is 24.5. The van der Waals surface area contributed by atoms with E-state index in [2.05, 4.69) is 10.6 Å². The lowest BCUT2D eigenvalue weighted by Gasteiger charge is -2.27. The number of anilines is 2. The van der Waals surface area contributed by atoms with Crippen molar-refractivity contribution in [1.29, 1.82) is 0 Å². The number of nitrogens with one attached hydrogen (secondary N) is 2. The monoisotopic (exact) mass is 486 g/mol. The summed E-state index contributed by atoms with van der Waals surface area (Å²) in [6.45, 7) is 7.38. The number of carbonyl (C=O) groups is 4. The number of rotatable bonds is 6. The average molecular weight is 487 g/mol. The van der Waals surface area contributed by atoms with E-state index in [1.54, 1.807) is 43.3 Å². The molecule has 0 aliphatic carbocycles. The fraction of sp³-hybridized carbons (Fsp3) is 0.185. The number of hydrogen-bond donors (Lipinski definition) is 2. The highest BCUT2D eigenvalue weighted by Gasteiger charge is 2.38. The van der Waals surface area contributed by atoms with Crippen LogP contribution in [0, 0.1) is 13.8 Å². The maximum Gasteiger partial charge on any atom is 0.336 e. The summed E-state index contributed by atoms with van der Waals surface area (Å²) in [5, 5.41) is 4.99. The minimum absolute atomic E-state index is 0.156. The number of aryl methyl sites for hydroxylation is 1. The van der Waals surface area contributed by atoms with Crippen LogP contribution in [0.25, 0.3) is 11.8 Å². The van der Waals surface area contributed by atoms with Crippen molar-refractivity contribution in [3.63, 3.8) is 0 Å². The molecule has 4 rings (SSSR count). The largest absolute Gasteiger partial charge is 0.492 e. The van der Waals surface area contributed by atoms with Crippen molar-refractivity contribution < 1.29 is 23.9 Å². The number of benzene rings is 2. The molecule has 0 atom stereocenters. The van der Waals surface area contributed by atoms with Crippen molar-refractivity contribution in [2.75, 3.05) is 16.8 Å². The highest BCUT2D eigenvalue weighted by molar-refractivity contribution is 6.39. The fourth-order valence-corrected chi connectivity index (χ4v) is 4.18. The van der Waals surface area contributed by atoms with E-state index in [0.29, 0.717) is 23.6 Å². The Kier molecular flexibility index (Phi) is 6.73. The van der Waals surface area contributed by atoms with Gasteiger partial charge in [-0.2, -0.15) is 0 Å². The van der Waals surface area contributed by atoms with Gasteiger partial charge in [0.1, 0.15) is 11.3 Å². The van der Waals surface area contributed by atoms with Crippen LogP contribution in [0.5, 0.6) is 5.75 Å². The topological polar surface area (TPSA) is 110 Å². The number of carbonyl (C=O) groups excluding carboxylic acids is 4. The molecule has 184 valence electrons. The first-order valence-electron chi connectivity index (χ1n) is 11.4. The number of imide groups is 2. The van der Waals surface area contributed by atoms with Crippen molar-refractivity contribution in [2.24, 2.45) is 0 Å². The molecule has 1 aromatic heterocycles. The molecule has 2 aromatic carbocycles. The van der Waals surface area contributed by atoms with Gasteiger partial charge < -0.3 is 14.6 Å². The summed E-state index contributed by atoms with van der Waals surface area (Å²) in [6.07, 6.45) is 1.49. The zero-order valence-corrected chi connectivity index (χ0v) is 20.4. The van der Waals surface area contributed by atoms with Gasteiger partial charge in [-0.15, -0.1) is 0 Å². The van der Waals surface area contributed by atoms with Gasteiger partial charge in [-0.25, -0.2) is 9.69 Å². The van der Waals surface area contributed by atoms with Crippen molar-refractivity contribution >= 4 is 41.2 Å². The second kappa shape index (κ2) is 9.91. The third kappa shape index (κ3) is 4.63. The van der Waals surface area contributed by atoms with Crippen LogP contribution in [0.15, 0.2) is 60.2 Å². The quantitative estimate of drug-likeness (QED) is 0.402. The number of amides is 5. The summed E-state index contributed by atoms with van der Waals surface area (Å²) < 4.78 is 7.55. The Morgan fingerprint density at radius 3 is 2.42 bits per heavy atom. The van der Waals surface area contributed by atoms with Gasteiger partial charge in [0.05, 0.1) is 12.3 Å². The zero-order valence-electron chi connectivity index (χ0n) is 20.4. The molecule has 1 saturated heterocycles. The molecule has 0 radical (unpaired) electrons. The van der Waals surface area contributed by atoms with Crippen LogP contribution in [-0.2, 0) is 14.4 Å².